The molecule has 3 aromatic rings. The molecule has 1 aliphatic heterocycles. The minimum absolute atomic E-state index is 0.480. The van der Waals surface area contributed by atoms with Gasteiger partial charge < -0.3 is 24.4 Å². The Labute approximate surface area is 194 Å². The number of ether oxygens (including phenoxy) is 3. The van der Waals surface area contributed by atoms with Crippen molar-refractivity contribution in [1.29, 1.82) is 0 Å². The van der Waals surface area contributed by atoms with Crippen molar-refractivity contribution in [3.8, 4) is 11.5 Å². The van der Waals surface area contributed by atoms with E-state index in [2.05, 4.69) is 53.5 Å². The van der Waals surface area contributed by atoms with Crippen LogP contribution < -0.4 is 19.7 Å². The number of hydrogen-bond donors (Lipinski definition) is 1. The average Bonchev–Trinajstić information content (AvgIpc) is 2.83. The second-order valence-corrected chi connectivity index (χ2v) is 8.25. The lowest BCUT2D eigenvalue weighted by Gasteiger charge is -2.29. The lowest BCUT2D eigenvalue weighted by atomic mass is 10.1. The number of aryl methyl sites for hydroxylation is 1. The molecular weight excluding hydrogens is 424 g/mol. The third kappa shape index (κ3) is 5.47. The van der Waals surface area contributed by atoms with Crippen LogP contribution in [0.4, 0.5) is 11.4 Å². The molecule has 0 radical (unpaired) electrons. The second-order valence-electron chi connectivity index (χ2n) is 7.84. The van der Waals surface area contributed by atoms with Crippen molar-refractivity contribution >= 4 is 23.0 Å². The highest BCUT2D eigenvalue weighted by atomic mass is 35.5. The molecule has 1 heterocycles. The van der Waals surface area contributed by atoms with Crippen LogP contribution in [0.25, 0.3) is 0 Å². The predicted octanol–water partition coefficient (Wildman–Crippen LogP) is 5.68. The van der Waals surface area contributed by atoms with Gasteiger partial charge in [0.05, 0.1) is 31.0 Å². The number of para-hydroxylation sites is 1. The highest BCUT2D eigenvalue weighted by Crippen LogP contribution is 2.33. The lowest BCUT2D eigenvalue weighted by Crippen LogP contribution is -2.36. The normalized spacial score (nSPS) is 13.7. The van der Waals surface area contributed by atoms with Gasteiger partial charge in [0, 0.05) is 30.9 Å². The van der Waals surface area contributed by atoms with E-state index in [1.165, 1.54) is 5.56 Å². The van der Waals surface area contributed by atoms with E-state index in [9.17, 15) is 0 Å². The van der Waals surface area contributed by atoms with E-state index in [0.717, 1.165) is 65.3 Å². The summed E-state index contributed by atoms with van der Waals surface area (Å²) in [5.41, 5.74) is 5.37. The van der Waals surface area contributed by atoms with E-state index in [0.29, 0.717) is 13.2 Å². The molecule has 1 saturated heterocycles. The van der Waals surface area contributed by atoms with E-state index in [1.54, 1.807) is 7.11 Å². The van der Waals surface area contributed by atoms with Crippen LogP contribution in [0.2, 0.25) is 5.02 Å². The number of halogens is 1. The summed E-state index contributed by atoms with van der Waals surface area (Å²) >= 11 is 6.58. The van der Waals surface area contributed by atoms with Crippen molar-refractivity contribution in [2.75, 3.05) is 43.6 Å². The maximum Gasteiger partial charge on any atom is 0.166 e. The van der Waals surface area contributed by atoms with Crippen LogP contribution in [0.3, 0.4) is 0 Å². The van der Waals surface area contributed by atoms with Crippen LogP contribution >= 0.6 is 11.6 Å². The quantitative estimate of drug-likeness (QED) is 0.476. The monoisotopic (exact) mass is 452 g/mol. The Morgan fingerprint density at radius 3 is 2.53 bits per heavy atom. The van der Waals surface area contributed by atoms with Gasteiger partial charge in [-0.05, 0) is 36.8 Å². The first kappa shape index (κ1) is 22.3. The van der Waals surface area contributed by atoms with Crippen LogP contribution in [0.5, 0.6) is 11.5 Å². The molecule has 5 nitrogen and oxygen atoms in total. The highest BCUT2D eigenvalue weighted by Gasteiger charge is 2.15. The van der Waals surface area contributed by atoms with Gasteiger partial charge in [-0.3, -0.25) is 0 Å². The molecule has 32 heavy (non-hydrogen) atoms. The molecule has 6 heteroatoms. The van der Waals surface area contributed by atoms with Crippen LogP contribution in [0, 0.1) is 6.92 Å². The Morgan fingerprint density at radius 2 is 1.81 bits per heavy atom. The Kier molecular flexibility index (Phi) is 7.40. The molecule has 0 saturated carbocycles. The maximum atomic E-state index is 6.58. The molecule has 1 fully saturated rings. The number of morpholine rings is 1. The molecule has 0 aromatic heterocycles. The number of methoxy groups -OCH3 is 1. The van der Waals surface area contributed by atoms with Gasteiger partial charge in [-0.1, -0.05) is 53.6 Å². The Balaban J connectivity index is 1.45. The highest BCUT2D eigenvalue weighted by molar-refractivity contribution is 6.33. The first-order chi connectivity index (χ1) is 15.6. The first-order valence-electron chi connectivity index (χ1n) is 10.8. The van der Waals surface area contributed by atoms with Crippen molar-refractivity contribution in [2.24, 2.45) is 0 Å². The van der Waals surface area contributed by atoms with Gasteiger partial charge >= 0.3 is 0 Å². The van der Waals surface area contributed by atoms with Crippen molar-refractivity contribution in [1.82, 2.24) is 0 Å². The number of nitrogens with zero attached hydrogens (tertiary/aromatic N) is 1. The molecule has 0 atom stereocenters. The zero-order chi connectivity index (χ0) is 22.3. The van der Waals surface area contributed by atoms with Crippen molar-refractivity contribution in [3.63, 3.8) is 0 Å². The second kappa shape index (κ2) is 10.6. The summed E-state index contributed by atoms with van der Waals surface area (Å²) in [5, 5.41) is 4.20. The van der Waals surface area contributed by atoms with Gasteiger partial charge in [-0.15, -0.1) is 0 Å². The minimum Gasteiger partial charge on any atom is -0.493 e. The summed E-state index contributed by atoms with van der Waals surface area (Å²) in [6, 6.07) is 20.4. The molecule has 0 spiro atoms. The third-order valence-corrected chi connectivity index (χ3v) is 5.87. The standard InChI is InChI=1S/C26H29ClN2O3/c1-19-6-8-20(9-7-19)18-32-26-21(4-3-5-25(26)30-2)17-28-22-10-11-24(23(27)16-22)29-12-14-31-15-13-29/h3-11,16,28H,12-15,17-18H2,1-2H3. The number of benzene rings is 3. The number of nitrogens with one attached hydrogen (secondary N) is 1. The van der Waals surface area contributed by atoms with Gasteiger partial charge in [-0.2, -0.15) is 0 Å². The van der Waals surface area contributed by atoms with Crippen molar-refractivity contribution in [3.05, 3.63) is 82.4 Å². The van der Waals surface area contributed by atoms with E-state index in [-0.39, 0.29) is 0 Å². The van der Waals surface area contributed by atoms with Crippen LogP contribution in [-0.4, -0.2) is 33.4 Å². The molecular formula is C26H29ClN2O3. The maximum absolute atomic E-state index is 6.58. The van der Waals surface area contributed by atoms with Crippen LogP contribution in [-0.2, 0) is 17.9 Å². The van der Waals surface area contributed by atoms with Gasteiger partial charge in [0.1, 0.15) is 6.61 Å². The average molecular weight is 453 g/mol. The first-order valence-corrected chi connectivity index (χ1v) is 11.2. The molecule has 0 unspecified atom stereocenters. The molecule has 0 bridgehead atoms. The van der Waals surface area contributed by atoms with Gasteiger partial charge in [-0.25, -0.2) is 0 Å². The van der Waals surface area contributed by atoms with Crippen LogP contribution in [0.1, 0.15) is 16.7 Å². The number of rotatable bonds is 8. The predicted molar refractivity (Wildman–Crippen MR) is 130 cm³/mol. The van der Waals surface area contributed by atoms with E-state index < -0.39 is 0 Å². The summed E-state index contributed by atoms with van der Waals surface area (Å²) < 4.78 is 17.2. The number of anilines is 2. The topological polar surface area (TPSA) is 43.0 Å². The van der Waals surface area contributed by atoms with Gasteiger partial charge in [0.2, 0.25) is 0 Å². The van der Waals surface area contributed by atoms with Gasteiger partial charge in [0.25, 0.3) is 0 Å². The Morgan fingerprint density at radius 1 is 1.03 bits per heavy atom. The Hall–Kier alpha value is -2.89. The summed E-state index contributed by atoms with van der Waals surface area (Å²) in [6.45, 7) is 6.33. The van der Waals surface area contributed by atoms with Crippen molar-refractivity contribution < 1.29 is 14.2 Å². The van der Waals surface area contributed by atoms with E-state index >= 15 is 0 Å². The fourth-order valence-electron chi connectivity index (χ4n) is 3.74. The lowest BCUT2D eigenvalue weighted by molar-refractivity contribution is 0.122. The van der Waals surface area contributed by atoms with Crippen molar-refractivity contribution in [2.45, 2.75) is 20.1 Å². The molecule has 4 rings (SSSR count). The van der Waals surface area contributed by atoms with Gasteiger partial charge in [0.15, 0.2) is 11.5 Å². The number of hydrogen-bond acceptors (Lipinski definition) is 5. The minimum atomic E-state index is 0.480. The molecule has 168 valence electrons. The molecule has 1 aliphatic rings. The summed E-state index contributed by atoms with van der Waals surface area (Å²) in [4.78, 5) is 2.26. The zero-order valence-corrected chi connectivity index (χ0v) is 19.3. The molecule has 0 aliphatic carbocycles. The molecule has 3 aromatic carbocycles. The molecule has 0 amide bonds. The summed E-state index contributed by atoms with van der Waals surface area (Å²) in [7, 11) is 1.66. The SMILES string of the molecule is COc1cccc(CNc2ccc(N3CCOCC3)c(Cl)c2)c1OCc1ccc(C)cc1. The smallest absolute Gasteiger partial charge is 0.166 e. The van der Waals surface area contributed by atoms with E-state index in [4.69, 9.17) is 25.8 Å². The fourth-order valence-corrected chi connectivity index (χ4v) is 4.04. The third-order valence-electron chi connectivity index (χ3n) is 5.57. The largest absolute Gasteiger partial charge is 0.493 e. The summed E-state index contributed by atoms with van der Waals surface area (Å²) in [6.07, 6.45) is 0. The fraction of sp³-hybridized carbons (Fsp3) is 0.308. The van der Waals surface area contributed by atoms with Crippen LogP contribution in [0.15, 0.2) is 60.7 Å². The van der Waals surface area contributed by atoms with E-state index in [1.807, 2.05) is 24.3 Å². The zero-order valence-electron chi connectivity index (χ0n) is 18.6. The molecule has 1 N–H and O–H groups in total. The summed E-state index contributed by atoms with van der Waals surface area (Å²) in [5.74, 6) is 1.47. The Bertz CT molecular complexity index is 1030.